The van der Waals surface area contributed by atoms with Crippen molar-refractivity contribution in [1.29, 1.82) is 0 Å². The molecule has 0 aliphatic heterocycles. The molecule has 112 valence electrons. The fourth-order valence-corrected chi connectivity index (χ4v) is 1.65. The second-order valence-corrected chi connectivity index (χ2v) is 4.13. The van der Waals surface area contributed by atoms with Gasteiger partial charge in [0.05, 0.1) is 0 Å². The summed E-state index contributed by atoms with van der Waals surface area (Å²) in [5.74, 6) is -0.196. The van der Waals surface area contributed by atoms with Gasteiger partial charge in [0, 0.05) is 27.4 Å². The Morgan fingerprint density at radius 1 is 1.25 bits per heavy atom. The van der Waals surface area contributed by atoms with E-state index in [1.165, 1.54) is 11.8 Å². The van der Waals surface area contributed by atoms with Gasteiger partial charge in [0.1, 0.15) is 11.8 Å². The molecule has 2 amide bonds. The maximum Gasteiger partial charge on any atom is 0.242 e. The molecule has 0 heterocycles. The van der Waals surface area contributed by atoms with Crippen LogP contribution in [-0.2, 0) is 16.0 Å². The highest BCUT2D eigenvalue weighted by Gasteiger charge is 2.24. The number of rotatable bonds is 4. The topological polar surface area (TPSA) is 69.6 Å². The van der Waals surface area contributed by atoms with Crippen LogP contribution in [0.3, 0.4) is 0 Å². The number of amides is 2. The lowest BCUT2D eigenvalue weighted by atomic mass is 10.0. The van der Waals surface area contributed by atoms with E-state index < -0.39 is 6.04 Å². The summed E-state index contributed by atoms with van der Waals surface area (Å²) in [5, 5.41) is 11.8. The third kappa shape index (κ3) is 5.30. The van der Waals surface area contributed by atoms with Gasteiger partial charge >= 0.3 is 0 Å². The van der Waals surface area contributed by atoms with Gasteiger partial charge in [0.2, 0.25) is 11.8 Å². The zero-order valence-electron chi connectivity index (χ0n) is 12.8. The largest absolute Gasteiger partial charge is 0.508 e. The normalized spacial score (nSPS) is 10.8. The van der Waals surface area contributed by atoms with E-state index >= 15 is 0 Å². The summed E-state index contributed by atoms with van der Waals surface area (Å²) in [7, 11) is 3.14. The van der Waals surface area contributed by atoms with Crippen molar-refractivity contribution in [3.05, 3.63) is 29.8 Å². The first-order valence-corrected chi connectivity index (χ1v) is 6.68. The molecular weight excluding hydrogens is 256 g/mol. The van der Waals surface area contributed by atoms with Crippen molar-refractivity contribution < 1.29 is 14.7 Å². The third-order valence-electron chi connectivity index (χ3n) is 2.88. The fourth-order valence-electron chi connectivity index (χ4n) is 1.65. The number of carbonyl (C=O) groups is 2. The molecule has 0 aromatic heterocycles. The summed E-state index contributed by atoms with van der Waals surface area (Å²) < 4.78 is 0. The van der Waals surface area contributed by atoms with Crippen molar-refractivity contribution in [2.75, 3.05) is 14.1 Å². The van der Waals surface area contributed by atoms with E-state index in [9.17, 15) is 14.7 Å². The number of carbonyl (C=O) groups excluding carboxylic acids is 2. The van der Waals surface area contributed by atoms with Crippen LogP contribution in [0.2, 0.25) is 0 Å². The lowest BCUT2D eigenvalue weighted by Gasteiger charge is -2.25. The first-order chi connectivity index (χ1) is 9.45. The highest BCUT2D eigenvalue weighted by atomic mass is 16.3. The number of likely N-dealkylation sites (N-methyl/N-ethyl adjacent to an activating group) is 2. The van der Waals surface area contributed by atoms with Crippen molar-refractivity contribution in [3.63, 3.8) is 0 Å². The second-order valence-electron chi connectivity index (χ2n) is 4.13. The summed E-state index contributed by atoms with van der Waals surface area (Å²) in [6.07, 6.45) is 0.413. The highest BCUT2D eigenvalue weighted by Crippen LogP contribution is 2.13. The van der Waals surface area contributed by atoms with Gasteiger partial charge in [-0.05, 0) is 17.7 Å². The average Bonchev–Trinajstić information content (AvgIpc) is 2.47. The number of benzene rings is 1. The standard InChI is InChI=1S/C13H18N2O3.C2H6/c1-9(16)15(3)12(13(18)14-2)8-10-4-6-11(17)7-5-10;1-2/h4-7,12,17H,8H2,1-3H3,(H,14,18);1-2H3. The number of hydrogen-bond acceptors (Lipinski definition) is 3. The summed E-state index contributed by atoms with van der Waals surface area (Å²) in [5.41, 5.74) is 0.884. The van der Waals surface area contributed by atoms with Gasteiger partial charge in [-0.15, -0.1) is 0 Å². The summed E-state index contributed by atoms with van der Waals surface area (Å²) in [6, 6.07) is 6.05. The minimum Gasteiger partial charge on any atom is -0.508 e. The first-order valence-electron chi connectivity index (χ1n) is 6.68. The van der Waals surface area contributed by atoms with Crippen LogP contribution in [0.4, 0.5) is 0 Å². The van der Waals surface area contributed by atoms with Crippen molar-refractivity contribution in [1.82, 2.24) is 10.2 Å². The number of hydrogen-bond donors (Lipinski definition) is 2. The van der Waals surface area contributed by atoms with E-state index in [1.54, 1.807) is 38.4 Å². The molecule has 1 aromatic rings. The molecule has 1 unspecified atom stereocenters. The van der Waals surface area contributed by atoms with Gasteiger partial charge in [-0.3, -0.25) is 9.59 Å². The molecule has 0 aliphatic rings. The average molecular weight is 280 g/mol. The van der Waals surface area contributed by atoms with Crippen molar-refractivity contribution >= 4 is 11.8 Å². The van der Waals surface area contributed by atoms with Crippen LogP contribution in [0.25, 0.3) is 0 Å². The zero-order valence-corrected chi connectivity index (χ0v) is 12.8. The number of nitrogens with one attached hydrogen (secondary N) is 1. The first kappa shape index (κ1) is 18.0. The molecule has 0 fully saturated rings. The van der Waals surface area contributed by atoms with Crippen LogP contribution in [0, 0.1) is 0 Å². The van der Waals surface area contributed by atoms with E-state index in [-0.39, 0.29) is 17.6 Å². The third-order valence-corrected chi connectivity index (χ3v) is 2.88. The lowest BCUT2D eigenvalue weighted by molar-refractivity contribution is -0.137. The molecule has 0 spiro atoms. The molecule has 2 N–H and O–H groups in total. The lowest BCUT2D eigenvalue weighted by Crippen LogP contribution is -2.47. The Kier molecular flexibility index (Phi) is 8.04. The minimum absolute atomic E-state index is 0.164. The van der Waals surface area contributed by atoms with E-state index in [2.05, 4.69) is 5.32 Å². The molecule has 1 aromatic carbocycles. The molecular formula is C15H24N2O3. The SMILES string of the molecule is CC.CNC(=O)C(Cc1ccc(O)cc1)N(C)C(C)=O. The summed E-state index contributed by atoms with van der Waals surface area (Å²) in [4.78, 5) is 24.5. The minimum atomic E-state index is -0.544. The Balaban J connectivity index is 0.00000172. The predicted molar refractivity (Wildman–Crippen MR) is 79.5 cm³/mol. The van der Waals surface area contributed by atoms with E-state index in [0.29, 0.717) is 6.42 Å². The molecule has 0 aliphatic carbocycles. The van der Waals surface area contributed by atoms with Crippen LogP contribution in [0.1, 0.15) is 26.3 Å². The maximum absolute atomic E-state index is 11.8. The monoisotopic (exact) mass is 280 g/mol. The molecule has 0 bridgehead atoms. The van der Waals surface area contributed by atoms with Crippen LogP contribution >= 0.6 is 0 Å². The Morgan fingerprint density at radius 2 is 1.75 bits per heavy atom. The molecule has 5 nitrogen and oxygen atoms in total. The Bertz CT molecular complexity index is 429. The summed E-state index contributed by atoms with van der Waals surface area (Å²) in [6.45, 7) is 5.42. The fraction of sp³-hybridized carbons (Fsp3) is 0.467. The van der Waals surface area contributed by atoms with Crippen molar-refractivity contribution in [3.8, 4) is 5.75 Å². The number of aromatic hydroxyl groups is 1. The Hall–Kier alpha value is -2.04. The molecule has 5 heteroatoms. The second kappa shape index (κ2) is 8.96. The van der Waals surface area contributed by atoms with Crippen molar-refractivity contribution in [2.24, 2.45) is 0 Å². The van der Waals surface area contributed by atoms with E-state index in [4.69, 9.17) is 0 Å². The molecule has 0 saturated carbocycles. The highest BCUT2D eigenvalue weighted by molar-refractivity contribution is 5.86. The molecule has 0 radical (unpaired) electrons. The molecule has 1 atom stereocenters. The van der Waals surface area contributed by atoms with E-state index in [1.807, 2.05) is 13.8 Å². The molecule has 0 saturated heterocycles. The van der Waals surface area contributed by atoms with Gasteiger partial charge in [-0.2, -0.15) is 0 Å². The quantitative estimate of drug-likeness (QED) is 0.879. The van der Waals surface area contributed by atoms with Gasteiger partial charge in [0.15, 0.2) is 0 Å². The van der Waals surface area contributed by atoms with Gasteiger partial charge in [-0.1, -0.05) is 26.0 Å². The van der Waals surface area contributed by atoms with Crippen LogP contribution < -0.4 is 5.32 Å². The summed E-state index contributed by atoms with van der Waals surface area (Å²) >= 11 is 0. The molecule has 1 rings (SSSR count). The predicted octanol–water partition coefficient (Wildman–Crippen LogP) is 1.55. The van der Waals surface area contributed by atoms with Crippen molar-refractivity contribution in [2.45, 2.75) is 33.2 Å². The number of phenols is 1. The van der Waals surface area contributed by atoms with Gasteiger partial charge in [-0.25, -0.2) is 0 Å². The Morgan fingerprint density at radius 3 is 2.15 bits per heavy atom. The number of nitrogens with zero attached hydrogens (tertiary/aromatic N) is 1. The van der Waals surface area contributed by atoms with E-state index in [0.717, 1.165) is 5.56 Å². The van der Waals surface area contributed by atoms with Crippen LogP contribution in [0.15, 0.2) is 24.3 Å². The Labute approximate surface area is 120 Å². The van der Waals surface area contributed by atoms with Crippen LogP contribution in [0.5, 0.6) is 5.75 Å². The molecule has 20 heavy (non-hydrogen) atoms. The smallest absolute Gasteiger partial charge is 0.242 e. The maximum atomic E-state index is 11.8. The number of phenolic OH excluding ortho intramolecular Hbond substituents is 1. The zero-order chi connectivity index (χ0) is 15.7. The van der Waals surface area contributed by atoms with Crippen LogP contribution in [-0.4, -0.2) is 42.0 Å². The van der Waals surface area contributed by atoms with Gasteiger partial charge < -0.3 is 15.3 Å². The van der Waals surface area contributed by atoms with Gasteiger partial charge in [0.25, 0.3) is 0 Å².